The zero-order chi connectivity index (χ0) is 21.0. The Hall–Kier alpha value is -2.67. The van der Waals surface area contributed by atoms with E-state index in [1.165, 1.54) is 5.56 Å². The van der Waals surface area contributed by atoms with E-state index in [2.05, 4.69) is 30.9 Å². The molecule has 0 aliphatic carbocycles. The van der Waals surface area contributed by atoms with Gasteiger partial charge in [-0.2, -0.15) is 4.98 Å². The number of amides is 1. The Bertz CT molecular complexity index is 927. The van der Waals surface area contributed by atoms with Crippen LogP contribution < -0.4 is 4.74 Å². The summed E-state index contributed by atoms with van der Waals surface area (Å²) in [4.78, 5) is 19.8. The average molecular weight is 414 g/mol. The monoisotopic (exact) mass is 413 g/mol. The maximum atomic E-state index is 12.9. The highest BCUT2D eigenvalue weighted by atomic mass is 32.1. The van der Waals surface area contributed by atoms with Crippen molar-refractivity contribution in [1.82, 2.24) is 15.0 Å². The molecule has 6 nitrogen and oxygen atoms in total. The van der Waals surface area contributed by atoms with Crippen LogP contribution >= 0.6 is 11.3 Å². The Labute approximate surface area is 175 Å². The van der Waals surface area contributed by atoms with Crippen LogP contribution in [-0.4, -0.2) is 33.6 Å². The number of rotatable bonds is 7. The molecule has 3 rings (SSSR count). The quantitative estimate of drug-likeness (QED) is 0.550. The number of hydrogen-bond donors (Lipinski definition) is 0. The summed E-state index contributed by atoms with van der Waals surface area (Å²) in [6, 6.07) is 11.8. The fraction of sp³-hybridized carbons (Fsp3) is 0.409. The summed E-state index contributed by atoms with van der Waals surface area (Å²) in [5, 5.41) is 5.96. The van der Waals surface area contributed by atoms with Crippen LogP contribution in [0.3, 0.4) is 0 Å². The molecular formula is C22H27N3O3S. The number of ether oxygens (including phenoxy) is 1. The Balaban J connectivity index is 1.62. The fourth-order valence-corrected chi connectivity index (χ4v) is 3.53. The molecule has 29 heavy (non-hydrogen) atoms. The molecule has 2 aromatic heterocycles. The molecule has 0 aliphatic rings. The van der Waals surface area contributed by atoms with Gasteiger partial charge in [0.25, 0.3) is 5.91 Å². The lowest BCUT2D eigenvalue weighted by molar-refractivity contribution is -0.138. The predicted octanol–water partition coefficient (Wildman–Crippen LogP) is 4.91. The first-order valence-electron chi connectivity index (χ1n) is 9.70. The van der Waals surface area contributed by atoms with Gasteiger partial charge in [0.1, 0.15) is 12.3 Å². The smallest absolute Gasteiger partial charge is 0.263 e. The zero-order valence-corrected chi connectivity index (χ0v) is 18.3. The van der Waals surface area contributed by atoms with Crippen molar-refractivity contribution >= 4 is 17.2 Å². The maximum Gasteiger partial charge on any atom is 0.263 e. The first-order chi connectivity index (χ1) is 13.8. The van der Waals surface area contributed by atoms with Gasteiger partial charge in [-0.05, 0) is 48.4 Å². The molecule has 0 spiro atoms. The van der Waals surface area contributed by atoms with Crippen molar-refractivity contribution in [3.05, 3.63) is 53.2 Å². The summed E-state index contributed by atoms with van der Waals surface area (Å²) >= 11 is 1.54. The SMILES string of the molecule is CCN(Cc1nc(-c2cccs2)no1)C(=O)C(C)Oc1ccc(C(C)(C)C)cc1. The van der Waals surface area contributed by atoms with Crippen LogP contribution in [0.25, 0.3) is 10.7 Å². The van der Waals surface area contributed by atoms with Gasteiger partial charge in [0.15, 0.2) is 6.10 Å². The van der Waals surface area contributed by atoms with E-state index >= 15 is 0 Å². The molecule has 0 saturated carbocycles. The van der Waals surface area contributed by atoms with Crippen molar-refractivity contribution in [2.75, 3.05) is 6.54 Å². The van der Waals surface area contributed by atoms with Gasteiger partial charge in [0.05, 0.1) is 4.88 Å². The van der Waals surface area contributed by atoms with Crippen LogP contribution in [0.1, 0.15) is 46.1 Å². The maximum absolute atomic E-state index is 12.9. The zero-order valence-electron chi connectivity index (χ0n) is 17.5. The lowest BCUT2D eigenvalue weighted by Gasteiger charge is -2.24. The van der Waals surface area contributed by atoms with E-state index in [1.54, 1.807) is 23.2 Å². The molecule has 1 aromatic carbocycles. The summed E-state index contributed by atoms with van der Waals surface area (Å²) in [6.45, 7) is 10.9. The number of likely N-dealkylation sites (N-methyl/N-ethyl adjacent to an activating group) is 1. The number of carbonyl (C=O) groups excluding carboxylic acids is 1. The summed E-state index contributed by atoms with van der Waals surface area (Å²) in [5.74, 6) is 1.50. The van der Waals surface area contributed by atoms with Gasteiger partial charge in [-0.3, -0.25) is 4.79 Å². The molecule has 0 bridgehead atoms. The molecule has 7 heteroatoms. The first-order valence-corrected chi connectivity index (χ1v) is 10.6. The number of carbonyl (C=O) groups is 1. The molecule has 1 unspecified atom stereocenters. The normalized spacial score (nSPS) is 12.6. The largest absolute Gasteiger partial charge is 0.481 e. The summed E-state index contributed by atoms with van der Waals surface area (Å²) in [6.07, 6.45) is -0.616. The van der Waals surface area contributed by atoms with Crippen LogP contribution in [0, 0.1) is 0 Å². The topological polar surface area (TPSA) is 68.5 Å². The molecule has 1 amide bonds. The summed E-state index contributed by atoms with van der Waals surface area (Å²) < 4.78 is 11.2. The molecular weight excluding hydrogens is 386 g/mol. The van der Waals surface area contributed by atoms with Gasteiger partial charge in [-0.25, -0.2) is 0 Å². The first kappa shape index (κ1) is 21.0. The lowest BCUT2D eigenvalue weighted by atomic mass is 9.87. The van der Waals surface area contributed by atoms with Gasteiger partial charge < -0.3 is 14.2 Å². The molecule has 0 N–H and O–H groups in total. The van der Waals surface area contributed by atoms with Gasteiger partial charge in [-0.1, -0.05) is 44.1 Å². The van der Waals surface area contributed by atoms with Crippen LogP contribution in [0.15, 0.2) is 46.3 Å². The summed E-state index contributed by atoms with van der Waals surface area (Å²) in [7, 11) is 0. The molecule has 154 valence electrons. The number of nitrogens with zero attached hydrogens (tertiary/aromatic N) is 3. The van der Waals surface area contributed by atoms with Crippen LogP contribution in [0.2, 0.25) is 0 Å². The minimum atomic E-state index is -0.616. The number of aromatic nitrogens is 2. The Morgan fingerprint density at radius 2 is 1.97 bits per heavy atom. The standard InChI is InChI=1S/C22H27N3O3S/c1-6-25(14-19-23-20(24-28-19)18-8-7-13-29-18)21(26)15(2)27-17-11-9-16(10-12-17)22(3,4)5/h7-13,15H,6,14H2,1-5H3. The molecule has 0 fully saturated rings. The average Bonchev–Trinajstić information content (AvgIpc) is 3.37. The van der Waals surface area contributed by atoms with Crippen molar-refractivity contribution in [3.63, 3.8) is 0 Å². The second-order valence-electron chi connectivity index (χ2n) is 7.88. The van der Waals surface area contributed by atoms with E-state index < -0.39 is 6.10 Å². The van der Waals surface area contributed by atoms with Gasteiger partial charge >= 0.3 is 0 Å². The highest BCUT2D eigenvalue weighted by Gasteiger charge is 2.24. The van der Waals surface area contributed by atoms with Gasteiger partial charge in [0, 0.05) is 6.54 Å². The minimum absolute atomic E-state index is 0.0744. The highest BCUT2D eigenvalue weighted by Crippen LogP contribution is 2.25. The fourth-order valence-electron chi connectivity index (χ4n) is 2.88. The van der Waals surface area contributed by atoms with E-state index in [9.17, 15) is 4.79 Å². The molecule has 0 saturated heterocycles. The molecule has 0 aliphatic heterocycles. The van der Waals surface area contributed by atoms with Crippen LogP contribution in [-0.2, 0) is 16.8 Å². The molecule has 1 atom stereocenters. The predicted molar refractivity (Wildman–Crippen MR) is 114 cm³/mol. The summed E-state index contributed by atoms with van der Waals surface area (Å²) in [5.41, 5.74) is 1.29. The van der Waals surface area contributed by atoms with E-state index in [0.29, 0.717) is 24.0 Å². The Kier molecular flexibility index (Phi) is 6.37. The van der Waals surface area contributed by atoms with Crippen molar-refractivity contribution in [2.45, 2.75) is 52.7 Å². The third-order valence-corrected chi connectivity index (χ3v) is 5.48. The Morgan fingerprint density at radius 1 is 1.24 bits per heavy atom. The minimum Gasteiger partial charge on any atom is -0.481 e. The van der Waals surface area contributed by atoms with Gasteiger partial charge in [0.2, 0.25) is 11.7 Å². The molecule has 2 heterocycles. The third-order valence-electron chi connectivity index (χ3n) is 4.61. The molecule has 0 radical (unpaired) electrons. The second kappa shape index (κ2) is 8.78. The van der Waals surface area contributed by atoms with E-state index in [1.807, 2.05) is 48.7 Å². The lowest BCUT2D eigenvalue weighted by Crippen LogP contribution is -2.40. The van der Waals surface area contributed by atoms with Crippen molar-refractivity contribution in [3.8, 4) is 16.5 Å². The number of benzene rings is 1. The van der Waals surface area contributed by atoms with E-state index in [4.69, 9.17) is 9.26 Å². The third kappa shape index (κ3) is 5.23. The van der Waals surface area contributed by atoms with Crippen LogP contribution in [0.4, 0.5) is 0 Å². The second-order valence-corrected chi connectivity index (χ2v) is 8.82. The van der Waals surface area contributed by atoms with Gasteiger partial charge in [-0.15, -0.1) is 11.3 Å². The molecule has 3 aromatic rings. The van der Waals surface area contributed by atoms with E-state index in [0.717, 1.165) is 4.88 Å². The highest BCUT2D eigenvalue weighted by molar-refractivity contribution is 7.13. The number of hydrogen-bond acceptors (Lipinski definition) is 6. The van der Waals surface area contributed by atoms with Crippen molar-refractivity contribution < 1.29 is 14.1 Å². The van der Waals surface area contributed by atoms with Crippen LogP contribution in [0.5, 0.6) is 5.75 Å². The van der Waals surface area contributed by atoms with E-state index in [-0.39, 0.29) is 17.9 Å². The number of thiophene rings is 1. The Morgan fingerprint density at radius 3 is 2.55 bits per heavy atom. The van der Waals surface area contributed by atoms with Crippen molar-refractivity contribution in [2.24, 2.45) is 0 Å². The van der Waals surface area contributed by atoms with Crippen molar-refractivity contribution in [1.29, 1.82) is 0 Å².